The van der Waals surface area contributed by atoms with E-state index in [0.29, 0.717) is 12.1 Å². The van der Waals surface area contributed by atoms with Crippen LogP contribution in [0.1, 0.15) is 29.8 Å². The molecule has 1 aromatic carbocycles. The Morgan fingerprint density at radius 1 is 1.37 bits per heavy atom. The van der Waals surface area contributed by atoms with Crippen LogP contribution in [0.25, 0.3) is 0 Å². The number of carbonyl (C=O) groups is 1. The third-order valence-corrected chi connectivity index (χ3v) is 3.31. The summed E-state index contributed by atoms with van der Waals surface area (Å²) >= 11 is 0. The van der Waals surface area contributed by atoms with Crippen LogP contribution in [0.15, 0.2) is 18.2 Å². The summed E-state index contributed by atoms with van der Waals surface area (Å²) in [6.07, 6.45) is 0. The molecule has 1 N–H and O–H groups in total. The molecule has 0 saturated carbocycles. The first-order valence-corrected chi connectivity index (χ1v) is 6.29. The van der Waals surface area contributed by atoms with Crippen LogP contribution >= 0.6 is 12.4 Å². The second-order valence-corrected chi connectivity index (χ2v) is 5.13. The van der Waals surface area contributed by atoms with Gasteiger partial charge in [0.25, 0.3) is 5.91 Å². The van der Waals surface area contributed by atoms with E-state index < -0.39 is 0 Å². The monoisotopic (exact) mass is 286 g/mol. The van der Waals surface area contributed by atoms with Gasteiger partial charge in [-0.15, -0.1) is 12.4 Å². The van der Waals surface area contributed by atoms with E-state index in [-0.39, 0.29) is 36.2 Å². The van der Waals surface area contributed by atoms with E-state index in [4.69, 9.17) is 0 Å². The number of benzene rings is 1. The lowest BCUT2D eigenvalue weighted by Crippen LogP contribution is -2.56. The molecule has 0 bridgehead atoms. The fourth-order valence-corrected chi connectivity index (χ4v) is 2.33. The van der Waals surface area contributed by atoms with Gasteiger partial charge in [0.15, 0.2) is 0 Å². The molecule has 1 saturated heterocycles. The molecule has 2 unspecified atom stereocenters. The Labute approximate surface area is 119 Å². The van der Waals surface area contributed by atoms with Crippen molar-refractivity contribution in [2.45, 2.75) is 32.9 Å². The quantitative estimate of drug-likeness (QED) is 0.860. The zero-order valence-corrected chi connectivity index (χ0v) is 12.3. The van der Waals surface area contributed by atoms with Gasteiger partial charge in [-0.1, -0.05) is 0 Å². The largest absolute Gasteiger partial charge is 0.333 e. The molecule has 1 fully saturated rings. The molecule has 0 aliphatic carbocycles. The first-order chi connectivity index (χ1) is 8.47. The molecule has 1 aromatic rings. The van der Waals surface area contributed by atoms with Crippen LogP contribution in [0.5, 0.6) is 0 Å². The van der Waals surface area contributed by atoms with Crippen molar-refractivity contribution < 1.29 is 9.18 Å². The normalized spacial score (nSPS) is 22.8. The molecule has 1 amide bonds. The van der Waals surface area contributed by atoms with Crippen molar-refractivity contribution in [3.8, 4) is 0 Å². The number of rotatable bonds is 1. The predicted octanol–water partition coefficient (Wildman–Crippen LogP) is 2.38. The van der Waals surface area contributed by atoms with Gasteiger partial charge in [-0.3, -0.25) is 4.79 Å². The molecule has 1 aliphatic heterocycles. The third-order valence-electron chi connectivity index (χ3n) is 3.31. The minimum absolute atomic E-state index is 0. The lowest BCUT2D eigenvalue weighted by atomic mass is 10.1. The first-order valence-electron chi connectivity index (χ1n) is 6.29. The fraction of sp³-hybridized carbons (Fsp3) is 0.500. The fourth-order valence-electron chi connectivity index (χ4n) is 2.33. The second-order valence-electron chi connectivity index (χ2n) is 5.13. The maximum atomic E-state index is 13.3. The summed E-state index contributed by atoms with van der Waals surface area (Å²) in [4.78, 5) is 14.2. The smallest absolute Gasteiger partial charge is 0.254 e. The molecular weight excluding hydrogens is 267 g/mol. The highest BCUT2D eigenvalue weighted by Crippen LogP contribution is 2.15. The van der Waals surface area contributed by atoms with Gasteiger partial charge in [0.2, 0.25) is 0 Å². The van der Waals surface area contributed by atoms with Crippen LogP contribution in [-0.2, 0) is 0 Å². The average molecular weight is 287 g/mol. The van der Waals surface area contributed by atoms with Crippen LogP contribution < -0.4 is 5.32 Å². The van der Waals surface area contributed by atoms with Crippen LogP contribution in [0, 0.1) is 12.7 Å². The molecule has 106 valence electrons. The van der Waals surface area contributed by atoms with E-state index in [0.717, 1.165) is 12.1 Å². The minimum atomic E-state index is -0.353. The number of nitrogens with one attached hydrogen (secondary N) is 1. The first kappa shape index (κ1) is 15.9. The molecule has 1 aliphatic rings. The van der Waals surface area contributed by atoms with Crippen molar-refractivity contribution in [2.24, 2.45) is 0 Å². The zero-order valence-electron chi connectivity index (χ0n) is 11.4. The third kappa shape index (κ3) is 3.67. The highest BCUT2D eigenvalue weighted by atomic mass is 35.5. The summed E-state index contributed by atoms with van der Waals surface area (Å²) in [6.45, 7) is 7.28. The number of nitrogens with zero attached hydrogens (tertiary/aromatic N) is 1. The standard InChI is InChI=1S/C14H19FN2O.ClH/c1-9-4-12(6-13(15)5-9)14(18)17-8-10(2)16-7-11(17)3;/h4-6,10-11,16H,7-8H2,1-3H3;1H. The molecule has 2 rings (SSSR count). The van der Waals surface area contributed by atoms with Crippen molar-refractivity contribution in [1.82, 2.24) is 10.2 Å². The van der Waals surface area contributed by atoms with E-state index >= 15 is 0 Å². The molecule has 3 nitrogen and oxygen atoms in total. The molecule has 19 heavy (non-hydrogen) atoms. The van der Waals surface area contributed by atoms with Crippen molar-refractivity contribution in [3.05, 3.63) is 35.1 Å². The summed E-state index contributed by atoms with van der Waals surface area (Å²) in [5.41, 5.74) is 1.21. The number of hydrogen-bond donors (Lipinski definition) is 1. The minimum Gasteiger partial charge on any atom is -0.333 e. The van der Waals surface area contributed by atoms with Gasteiger partial charge in [-0.25, -0.2) is 4.39 Å². The summed E-state index contributed by atoms with van der Waals surface area (Å²) < 4.78 is 13.3. The SMILES string of the molecule is Cc1cc(F)cc(C(=O)N2CC(C)NCC2C)c1.Cl. The maximum Gasteiger partial charge on any atom is 0.254 e. The Morgan fingerprint density at radius 3 is 2.68 bits per heavy atom. The number of piperazine rings is 1. The van der Waals surface area contributed by atoms with Crippen molar-refractivity contribution in [1.29, 1.82) is 0 Å². The topological polar surface area (TPSA) is 32.3 Å². The summed E-state index contributed by atoms with van der Waals surface area (Å²) in [7, 11) is 0. The van der Waals surface area contributed by atoms with E-state index in [1.165, 1.54) is 12.1 Å². The van der Waals surface area contributed by atoms with E-state index in [1.54, 1.807) is 13.0 Å². The number of hydrogen-bond acceptors (Lipinski definition) is 2. The number of aryl methyl sites for hydroxylation is 1. The number of halogens is 2. The van der Waals surface area contributed by atoms with Gasteiger partial charge in [0, 0.05) is 30.7 Å². The van der Waals surface area contributed by atoms with Gasteiger partial charge in [0.1, 0.15) is 5.82 Å². The van der Waals surface area contributed by atoms with Crippen molar-refractivity contribution in [2.75, 3.05) is 13.1 Å². The van der Waals surface area contributed by atoms with Crippen LogP contribution in [0.3, 0.4) is 0 Å². The van der Waals surface area contributed by atoms with Gasteiger partial charge >= 0.3 is 0 Å². The number of carbonyl (C=O) groups excluding carboxylic acids is 1. The Kier molecular flexibility index (Phi) is 5.32. The lowest BCUT2D eigenvalue weighted by molar-refractivity contribution is 0.0615. The van der Waals surface area contributed by atoms with E-state index in [1.807, 2.05) is 18.7 Å². The Morgan fingerprint density at radius 2 is 2.05 bits per heavy atom. The molecule has 0 aromatic heterocycles. The molecular formula is C14H20ClFN2O. The molecule has 0 radical (unpaired) electrons. The lowest BCUT2D eigenvalue weighted by Gasteiger charge is -2.37. The van der Waals surface area contributed by atoms with Crippen molar-refractivity contribution in [3.63, 3.8) is 0 Å². The van der Waals surface area contributed by atoms with E-state index in [2.05, 4.69) is 5.32 Å². The van der Waals surface area contributed by atoms with Crippen LogP contribution in [-0.4, -0.2) is 36.0 Å². The Hall–Kier alpha value is -1.13. The maximum absolute atomic E-state index is 13.3. The van der Waals surface area contributed by atoms with Crippen molar-refractivity contribution >= 4 is 18.3 Å². The van der Waals surface area contributed by atoms with Crippen LogP contribution in [0.4, 0.5) is 4.39 Å². The highest BCUT2D eigenvalue weighted by Gasteiger charge is 2.27. The highest BCUT2D eigenvalue weighted by molar-refractivity contribution is 5.94. The van der Waals surface area contributed by atoms with E-state index in [9.17, 15) is 9.18 Å². The zero-order chi connectivity index (χ0) is 13.3. The summed E-state index contributed by atoms with van der Waals surface area (Å²) in [5, 5.41) is 3.32. The molecule has 2 atom stereocenters. The predicted molar refractivity (Wildman–Crippen MR) is 76.3 cm³/mol. The van der Waals surface area contributed by atoms with Gasteiger partial charge < -0.3 is 10.2 Å². The summed E-state index contributed by atoms with van der Waals surface area (Å²) in [5.74, 6) is -0.437. The molecule has 1 heterocycles. The number of amides is 1. The Balaban J connectivity index is 0.00000180. The van der Waals surface area contributed by atoms with Gasteiger partial charge in [0.05, 0.1) is 0 Å². The summed E-state index contributed by atoms with van der Waals surface area (Å²) in [6, 6.07) is 4.90. The second kappa shape index (κ2) is 6.35. The Bertz CT molecular complexity index is 447. The van der Waals surface area contributed by atoms with Gasteiger partial charge in [-0.05, 0) is 44.5 Å². The van der Waals surface area contributed by atoms with Gasteiger partial charge in [-0.2, -0.15) is 0 Å². The molecule has 5 heteroatoms. The molecule has 0 spiro atoms. The van der Waals surface area contributed by atoms with Crippen LogP contribution in [0.2, 0.25) is 0 Å². The average Bonchev–Trinajstić information content (AvgIpc) is 2.30.